The molecular weight excluding hydrogens is 194 g/mol. The van der Waals surface area contributed by atoms with E-state index in [1.54, 1.807) is 11.3 Å². The lowest BCUT2D eigenvalue weighted by Gasteiger charge is -2.20. The van der Waals surface area contributed by atoms with Crippen molar-refractivity contribution in [3.8, 4) is 0 Å². The van der Waals surface area contributed by atoms with Crippen molar-refractivity contribution >= 4 is 11.3 Å². The van der Waals surface area contributed by atoms with E-state index >= 15 is 0 Å². The number of nitrogens with zero attached hydrogens (tertiary/aromatic N) is 1. The Hall–Kier alpha value is -0.450. The van der Waals surface area contributed by atoms with Crippen molar-refractivity contribution in [2.45, 2.75) is 32.2 Å². The fourth-order valence-electron chi connectivity index (χ4n) is 1.18. The molecule has 3 N–H and O–H groups in total. The van der Waals surface area contributed by atoms with Crippen molar-refractivity contribution in [3.63, 3.8) is 0 Å². The van der Waals surface area contributed by atoms with Crippen LogP contribution in [0, 0.1) is 0 Å². The Kier molecular flexibility index (Phi) is 4.04. The van der Waals surface area contributed by atoms with E-state index in [1.807, 2.05) is 25.4 Å². The molecule has 0 aliphatic rings. The highest BCUT2D eigenvalue weighted by molar-refractivity contribution is 7.09. The van der Waals surface area contributed by atoms with Gasteiger partial charge in [-0.05, 0) is 13.8 Å². The van der Waals surface area contributed by atoms with Gasteiger partial charge in [0.1, 0.15) is 0 Å². The molecule has 1 unspecified atom stereocenters. The average Bonchev–Trinajstić information content (AvgIpc) is 2.53. The van der Waals surface area contributed by atoms with Crippen LogP contribution >= 0.6 is 11.3 Å². The van der Waals surface area contributed by atoms with E-state index in [9.17, 15) is 0 Å². The van der Waals surface area contributed by atoms with Crippen LogP contribution in [0.15, 0.2) is 11.6 Å². The SMILES string of the molecule is CC(CNCC(C)(C)N)c1nccs1. The van der Waals surface area contributed by atoms with Crippen LogP contribution < -0.4 is 11.1 Å². The van der Waals surface area contributed by atoms with Crippen LogP contribution in [0.2, 0.25) is 0 Å². The molecule has 1 rings (SSSR count). The van der Waals surface area contributed by atoms with Crippen LogP contribution in [0.25, 0.3) is 0 Å². The molecule has 1 atom stereocenters. The van der Waals surface area contributed by atoms with Gasteiger partial charge in [-0.1, -0.05) is 6.92 Å². The van der Waals surface area contributed by atoms with Gasteiger partial charge in [0, 0.05) is 36.1 Å². The lowest BCUT2D eigenvalue weighted by Crippen LogP contribution is -2.43. The van der Waals surface area contributed by atoms with Crippen molar-refractivity contribution in [2.75, 3.05) is 13.1 Å². The van der Waals surface area contributed by atoms with Gasteiger partial charge in [0.2, 0.25) is 0 Å². The lowest BCUT2D eigenvalue weighted by molar-refractivity contribution is 0.457. The van der Waals surface area contributed by atoms with E-state index in [-0.39, 0.29) is 5.54 Å². The van der Waals surface area contributed by atoms with Gasteiger partial charge in [-0.2, -0.15) is 0 Å². The standard InChI is InChI=1S/C10H19N3S/c1-8(9-13-4-5-14-9)6-12-7-10(2,3)11/h4-5,8,12H,6-7,11H2,1-3H3. The Bertz CT molecular complexity index is 251. The first kappa shape index (κ1) is 11.6. The molecule has 0 radical (unpaired) electrons. The van der Waals surface area contributed by atoms with E-state index in [2.05, 4.69) is 17.2 Å². The molecule has 0 amide bonds. The van der Waals surface area contributed by atoms with Crippen molar-refractivity contribution in [2.24, 2.45) is 5.73 Å². The smallest absolute Gasteiger partial charge is 0.0965 e. The highest BCUT2D eigenvalue weighted by atomic mass is 32.1. The van der Waals surface area contributed by atoms with E-state index in [0.717, 1.165) is 13.1 Å². The predicted octanol–water partition coefficient (Wildman–Crippen LogP) is 1.57. The number of aromatic nitrogens is 1. The topological polar surface area (TPSA) is 50.9 Å². The van der Waals surface area contributed by atoms with Gasteiger partial charge in [-0.3, -0.25) is 0 Å². The molecule has 1 aromatic heterocycles. The second-order valence-corrected chi connectivity index (χ2v) is 5.32. The Morgan fingerprint density at radius 1 is 1.64 bits per heavy atom. The molecule has 4 heteroatoms. The quantitative estimate of drug-likeness (QED) is 0.780. The first-order valence-corrected chi connectivity index (χ1v) is 5.76. The summed E-state index contributed by atoms with van der Waals surface area (Å²) in [6.45, 7) is 7.99. The predicted molar refractivity (Wildman–Crippen MR) is 61.7 cm³/mol. The number of thiazole rings is 1. The summed E-state index contributed by atoms with van der Waals surface area (Å²) in [4.78, 5) is 4.28. The summed E-state index contributed by atoms with van der Waals surface area (Å²) in [5.41, 5.74) is 5.73. The summed E-state index contributed by atoms with van der Waals surface area (Å²) in [6, 6.07) is 0. The third kappa shape index (κ3) is 4.17. The summed E-state index contributed by atoms with van der Waals surface area (Å²) in [5.74, 6) is 0.470. The molecule has 0 spiro atoms. The Labute approximate surface area is 89.7 Å². The van der Waals surface area contributed by atoms with Crippen LogP contribution in [-0.4, -0.2) is 23.6 Å². The molecule has 0 aliphatic carbocycles. The molecule has 0 saturated heterocycles. The lowest BCUT2D eigenvalue weighted by atomic mass is 10.1. The molecule has 14 heavy (non-hydrogen) atoms. The largest absolute Gasteiger partial charge is 0.324 e. The normalized spacial score (nSPS) is 14.3. The van der Waals surface area contributed by atoms with Crippen LogP contribution in [0.3, 0.4) is 0 Å². The minimum Gasteiger partial charge on any atom is -0.324 e. The second-order valence-electron chi connectivity index (χ2n) is 4.39. The number of hydrogen-bond donors (Lipinski definition) is 2. The van der Waals surface area contributed by atoms with Crippen molar-refractivity contribution < 1.29 is 0 Å². The monoisotopic (exact) mass is 213 g/mol. The summed E-state index contributed by atoms with van der Waals surface area (Å²) in [5, 5.41) is 6.55. The highest BCUT2D eigenvalue weighted by Gasteiger charge is 2.12. The molecule has 0 aliphatic heterocycles. The fourth-order valence-corrected chi connectivity index (χ4v) is 1.87. The zero-order valence-electron chi connectivity index (χ0n) is 9.08. The zero-order chi connectivity index (χ0) is 10.6. The summed E-state index contributed by atoms with van der Waals surface area (Å²) in [7, 11) is 0. The molecule has 1 aromatic rings. The van der Waals surface area contributed by atoms with Crippen LogP contribution in [0.1, 0.15) is 31.7 Å². The molecule has 0 bridgehead atoms. The average molecular weight is 213 g/mol. The minimum atomic E-state index is -0.136. The highest BCUT2D eigenvalue weighted by Crippen LogP contribution is 2.16. The third-order valence-corrected chi connectivity index (χ3v) is 2.91. The Balaban J connectivity index is 2.26. The second kappa shape index (κ2) is 4.87. The van der Waals surface area contributed by atoms with Gasteiger partial charge in [-0.25, -0.2) is 4.98 Å². The molecule has 3 nitrogen and oxygen atoms in total. The van der Waals surface area contributed by atoms with E-state index in [0.29, 0.717) is 5.92 Å². The third-order valence-electron chi connectivity index (χ3n) is 1.90. The minimum absolute atomic E-state index is 0.136. The molecule has 0 aromatic carbocycles. The maximum absolute atomic E-state index is 5.86. The van der Waals surface area contributed by atoms with Crippen LogP contribution in [0.5, 0.6) is 0 Å². The van der Waals surface area contributed by atoms with E-state index < -0.39 is 0 Å². The van der Waals surface area contributed by atoms with Gasteiger partial charge in [-0.15, -0.1) is 11.3 Å². The first-order valence-electron chi connectivity index (χ1n) is 4.88. The van der Waals surface area contributed by atoms with E-state index in [4.69, 9.17) is 5.73 Å². The van der Waals surface area contributed by atoms with Crippen LogP contribution in [-0.2, 0) is 0 Å². The summed E-state index contributed by atoms with van der Waals surface area (Å²) >= 11 is 1.71. The van der Waals surface area contributed by atoms with Crippen molar-refractivity contribution in [1.82, 2.24) is 10.3 Å². The fraction of sp³-hybridized carbons (Fsp3) is 0.700. The molecule has 0 fully saturated rings. The van der Waals surface area contributed by atoms with Gasteiger partial charge in [0.25, 0.3) is 0 Å². The van der Waals surface area contributed by atoms with Gasteiger partial charge >= 0.3 is 0 Å². The maximum Gasteiger partial charge on any atom is 0.0965 e. The number of rotatable bonds is 5. The Morgan fingerprint density at radius 3 is 2.86 bits per heavy atom. The van der Waals surface area contributed by atoms with Gasteiger partial charge in [0.15, 0.2) is 0 Å². The summed E-state index contributed by atoms with van der Waals surface area (Å²) < 4.78 is 0. The van der Waals surface area contributed by atoms with E-state index in [1.165, 1.54) is 5.01 Å². The number of nitrogens with one attached hydrogen (secondary N) is 1. The molecule has 0 saturated carbocycles. The Morgan fingerprint density at radius 2 is 2.36 bits per heavy atom. The van der Waals surface area contributed by atoms with Gasteiger partial charge in [0.05, 0.1) is 5.01 Å². The molecule has 1 heterocycles. The number of hydrogen-bond acceptors (Lipinski definition) is 4. The summed E-state index contributed by atoms with van der Waals surface area (Å²) in [6.07, 6.45) is 1.85. The number of nitrogens with two attached hydrogens (primary N) is 1. The first-order chi connectivity index (χ1) is 6.49. The van der Waals surface area contributed by atoms with Gasteiger partial charge < -0.3 is 11.1 Å². The van der Waals surface area contributed by atoms with Crippen molar-refractivity contribution in [1.29, 1.82) is 0 Å². The maximum atomic E-state index is 5.86. The van der Waals surface area contributed by atoms with Crippen LogP contribution in [0.4, 0.5) is 0 Å². The van der Waals surface area contributed by atoms with Crippen molar-refractivity contribution in [3.05, 3.63) is 16.6 Å². The molecule has 80 valence electrons. The zero-order valence-corrected chi connectivity index (χ0v) is 9.90. The molecular formula is C10H19N3S.